The van der Waals surface area contributed by atoms with Crippen LogP contribution in [0.2, 0.25) is 0 Å². The van der Waals surface area contributed by atoms with Gasteiger partial charge < -0.3 is 9.97 Å². The number of aromatic nitrogens is 4. The van der Waals surface area contributed by atoms with Gasteiger partial charge in [0.25, 0.3) is 0 Å². The molecule has 0 bridgehead atoms. The Kier molecular flexibility index (Phi) is 2.44. The lowest BCUT2D eigenvalue weighted by molar-refractivity contribution is 0.626. The summed E-state index contributed by atoms with van der Waals surface area (Å²) < 4.78 is 14.6. The van der Waals surface area contributed by atoms with E-state index in [-0.39, 0.29) is 11.5 Å². The number of halogens is 1. The molecule has 0 aliphatic rings. The zero-order valence-corrected chi connectivity index (χ0v) is 10.9. The highest BCUT2D eigenvalue weighted by molar-refractivity contribution is 6.00. The van der Waals surface area contributed by atoms with E-state index in [1.807, 2.05) is 6.07 Å². The third-order valence-electron chi connectivity index (χ3n) is 3.57. The summed E-state index contributed by atoms with van der Waals surface area (Å²) in [6.45, 7) is 0.378. The topological polar surface area (TPSA) is 66.5 Å². The second kappa shape index (κ2) is 4.31. The van der Waals surface area contributed by atoms with E-state index in [0.717, 1.165) is 22.1 Å². The average molecular weight is 282 g/mol. The lowest BCUT2D eigenvalue weighted by atomic mass is 10.2. The van der Waals surface area contributed by atoms with Crippen molar-refractivity contribution >= 4 is 22.1 Å². The number of imidazole rings is 1. The average Bonchev–Trinajstić information content (AvgIpc) is 3.06. The predicted molar refractivity (Wildman–Crippen MR) is 77.7 cm³/mol. The summed E-state index contributed by atoms with van der Waals surface area (Å²) in [7, 11) is 0. The summed E-state index contributed by atoms with van der Waals surface area (Å²) in [6.07, 6.45) is 3.42. The zero-order chi connectivity index (χ0) is 14.4. The number of hydrogen-bond acceptors (Lipinski definition) is 2. The first kappa shape index (κ1) is 11.9. The third kappa shape index (κ3) is 1.84. The minimum absolute atomic E-state index is 0.204. The highest BCUT2D eigenvalue weighted by Crippen LogP contribution is 2.21. The van der Waals surface area contributed by atoms with Crippen molar-refractivity contribution in [1.29, 1.82) is 0 Å². The third-order valence-corrected chi connectivity index (χ3v) is 3.57. The Labute approximate surface area is 118 Å². The standard InChI is InChI=1S/C15H11FN4O/c16-10-3-1-9(2-4-10)8-20-13-11-5-6-17-14(11)18-7-12(13)19-15(20)21/h1-7H,8H2,(H,17,18)(H,19,21). The van der Waals surface area contributed by atoms with Gasteiger partial charge in [-0.2, -0.15) is 0 Å². The molecule has 0 aliphatic heterocycles. The molecule has 0 unspecified atom stereocenters. The molecule has 104 valence electrons. The van der Waals surface area contributed by atoms with Crippen LogP contribution in [0.1, 0.15) is 5.56 Å². The molecule has 6 heteroatoms. The number of rotatable bonds is 2. The Hall–Kier alpha value is -2.89. The number of fused-ring (bicyclic) bond motifs is 3. The maximum atomic E-state index is 13.0. The molecule has 5 nitrogen and oxygen atoms in total. The number of pyridine rings is 1. The van der Waals surface area contributed by atoms with Gasteiger partial charge in [0.2, 0.25) is 0 Å². The summed E-state index contributed by atoms with van der Waals surface area (Å²) in [5.74, 6) is -0.290. The van der Waals surface area contributed by atoms with E-state index in [2.05, 4.69) is 15.0 Å². The smallest absolute Gasteiger partial charge is 0.326 e. The van der Waals surface area contributed by atoms with Crippen LogP contribution in [0.15, 0.2) is 47.5 Å². The predicted octanol–water partition coefficient (Wildman–Crippen LogP) is 2.39. The van der Waals surface area contributed by atoms with E-state index in [1.165, 1.54) is 12.1 Å². The van der Waals surface area contributed by atoms with Gasteiger partial charge >= 0.3 is 5.69 Å². The molecule has 0 atom stereocenters. The molecule has 3 heterocycles. The molecule has 4 aromatic rings. The Morgan fingerprint density at radius 3 is 2.81 bits per heavy atom. The van der Waals surface area contributed by atoms with Crippen LogP contribution in [0, 0.1) is 5.82 Å². The first-order valence-electron chi connectivity index (χ1n) is 6.51. The monoisotopic (exact) mass is 282 g/mol. The van der Waals surface area contributed by atoms with Crippen molar-refractivity contribution in [2.75, 3.05) is 0 Å². The van der Waals surface area contributed by atoms with E-state index >= 15 is 0 Å². The molecule has 3 aromatic heterocycles. The number of nitrogens with zero attached hydrogens (tertiary/aromatic N) is 2. The fourth-order valence-corrected chi connectivity index (χ4v) is 2.58. The Morgan fingerprint density at radius 2 is 2.00 bits per heavy atom. The summed E-state index contributed by atoms with van der Waals surface area (Å²) in [5, 5.41) is 0.882. The highest BCUT2D eigenvalue weighted by Gasteiger charge is 2.12. The van der Waals surface area contributed by atoms with Crippen molar-refractivity contribution in [2.24, 2.45) is 0 Å². The minimum Gasteiger partial charge on any atom is -0.346 e. The number of nitrogens with one attached hydrogen (secondary N) is 2. The summed E-state index contributed by atoms with van der Waals surface area (Å²) in [4.78, 5) is 22.3. The van der Waals surface area contributed by atoms with Gasteiger partial charge in [0.05, 0.1) is 23.8 Å². The number of hydrogen-bond donors (Lipinski definition) is 2. The van der Waals surface area contributed by atoms with Crippen LogP contribution >= 0.6 is 0 Å². The molecule has 0 saturated heterocycles. The summed E-state index contributed by atoms with van der Waals surface area (Å²) in [5.41, 5.74) is 2.88. The van der Waals surface area contributed by atoms with Crippen LogP contribution in [0.3, 0.4) is 0 Å². The molecule has 0 spiro atoms. The SMILES string of the molecule is O=c1[nH]c2cnc3[nH]ccc3c2n1Cc1ccc(F)cc1. The highest BCUT2D eigenvalue weighted by atomic mass is 19.1. The lowest BCUT2D eigenvalue weighted by Crippen LogP contribution is -2.17. The van der Waals surface area contributed by atoms with Crippen LogP contribution in [0.25, 0.3) is 22.1 Å². The molecule has 0 aliphatic carbocycles. The lowest BCUT2D eigenvalue weighted by Gasteiger charge is -2.04. The molecule has 0 radical (unpaired) electrons. The van der Waals surface area contributed by atoms with Crippen molar-refractivity contribution in [3.8, 4) is 0 Å². The van der Waals surface area contributed by atoms with Gasteiger partial charge in [-0.15, -0.1) is 0 Å². The number of aromatic amines is 2. The molecular weight excluding hydrogens is 271 g/mol. The number of H-pyrrole nitrogens is 2. The van der Waals surface area contributed by atoms with E-state index in [9.17, 15) is 9.18 Å². The van der Waals surface area contributed by atoms with Crippen molar-refractivity contribution in [2.45, 2.75) is 6.54 Å². The van der Waals surface area contributed by atoms with Crippen LogP contribution in [0.5, 0.6) is 0 Å². The van der Waals surface area contributed by atoms with Crippen molar-refractivity contribution in [3.63, 3.8) is 0 Å². The molecule has 0 saturated carbocycles. The van der Waals surface area contributed by atoms with Gasteiger partial charge in [0.15, 0.2) is 0 Å². The molecule has 2 N–H and O–H groups in total. The number of benzene rings is 1. The maximum Gasteiger partial charge on any atom is 0.326 e. The summed E-state index contributed by atoms with van der Waals surface area (Å²) in [6, 6.07) is 8.02. The van der Waals surface area contributed by atoms with Crippen LogP contribution < -0.4 is 5.69 Å². The van der Waals surface area contributed by atoms with E-state index in [1.54, 1.807) is 29.1 Å². The quantitative estimate of drug-likeness (QED) is 0.593. The Balaban J connectivity index is 1.94. The van der Waals surface area contributed by atoms with Crippen molar-refractivity contribution < 1.29 is 4.39 Å². The zero-order valence-electron chi connectivity index (χ0n) is 10.9. The van der Waals surface area contributed by atoms with Crippen LogP contribution in [-0.2, 0) is 6.54 Å². The second-order valence-electron chi connectivity index (χ2n) is 4.90. The van der Waals surface area contributed by atoms with Gasteiger partial charge in [-0.3, -0.25) is 4.57 Å². The molecular formula is C15H11FN4O. The van der Waals surface area contributed by atoms with E-state index in [4.69, 9.17) is 0 Å². The first-order valence-corrected chi connectivity index (χ1v) is 6.51. The van der Waals surface area contributed by atoms with E-state index in [0.29, 0.717) is 12.1 Å². The molecule has 0 fully saturated rings. The molecule has 0 amide bonds. The largest absolute Gasteiger partial charge is 0.346 e. The van der Waals surface area contributed by atoms with Gasteiger partial charge in [0.1, 0.15) is 11.5 Å². The minimum atomic E-state index is -0.290. The maximum absolute atomic E-state index is 13.0. The van der Waals surface area contributed by atoms with Crippen LogP contribution in [-0.4, -0.2) is 19.5 Å². The van der Waals surface area contributed by atoms with Crippen molar-refractivity contribution in [3.05, 3.63) is 64.6 Å². The summed E-state index contributed by atoms with van der Waals surface area (Å²) >= 11 is 0. The van der Waals surface area contributed by atoms with Crippen LogP contribution in [0.4, 0.5) is 4.39 Å². The van der Waals surface area contributed by atoms with Crippen molar-refractivity contribution in [1.82, 2.24) is 19.5 Å². The first-order chi connectivity index (χ1) is 10.2. The Morgan fingerprint density at radius 1 is 1.19 bits per heavy atom. The normalized spacial score (nSPS) is 11.5. The van der Waals surface area contributed by atoms with Gasteiger partial charge in [0, 0.05) is 11.6 Å². The van der Waals surface area contributed by atoms with Gasteiger partial charge in [-0.25, -0.2) is 14.2 Å². The Bertz CT molecular complexity index is 994. The molecule has 4 rings (SSSR count). The fraction of sp³-hybridized carbons (Fsp3) is 0.0667. The van der Waals surface area contributed by atoms with E-state index < -0.39 is 0 Å². The van der Waals surface area contributed by atoms with Gasteiger partial charge in [-0.1, -0.05) is 12.1 Å². The fourth-order valence-electron chi connectivity index (χ4n) is 2.58. The molecule has 21 heavy (non-hydrogen) atoms. The second-order valence-corrected chi connectivity index (χ2v) is 4.90. The van der Waals surface area contributed by atoms with Gasteiger partial charge in [-0.05, 0) is 23.8 Å². The molecule has 1 aromatic carbocycles.